The lowest BCUT2D eigenvalue weighted by molar-refractivity contribution is -0.136. The van der Waals surface area contributed by atoms with Crippen LogP contribution in [0.3, 0.4) is 0 Å². The van der Waals surface area contributed by atoms with Crippen molar-refractivity contribution in [1.29, 1.82) is 0 Å². The van der Waals surface area contributed by atoms with E-state index in [0.717, 1.165) is 11.2 Å². The number of amides is 4. The molecule has 0 aromatic heterocycles. The number of ether oxygens (including phenoxy) is 2. The second kappa shape index (κ2) is 14.7. The second-order valence-corrected chi connectivity index (χ2v) is 16.2. The number of nitrogens with one attached hydrogen (secondary N) is 2. The minimum Gasteiger partial charge on any atom is -0.477 e. The Balaban J connectivity index is 1.83. The summed E-state index contributed by atoms with van der Waals surface area (Å²) in [6.45, 7) is 8.69. The van der Waals surface area contributed by atoms with E-state index in [2.05, 4.69) is 5.32 Å². The van der Waals surface area contributed by atoms with E-state index in [1.165, 1.54) is 42.5 Å². The maximum absolute atomic E-state index is 15.4. The normalized spacial score (nSPS) is 20.2. The summed E-state index contributed by atoms with van der Waals surface area (Å²) in [7, 11) is -3.99. The number of hydrogen-bond acceptors (Lipinski definition) is 8. The molecule has 52 heavy (non-hydrogen) atoms. The number of hydrogen-bond donors (Lipinski definition) is 2. The van der Waals surface area contributed by atoms with Gasteiger partial charge in [-0.15, -0.1) is 0 Å². The van der Waals surface area contributed by atoms with E-state index in [-0.39, 0.29) is 64.4 Å². The summed E-state index contributed by atoms with van der Waals surface area (Å²) in [5, 5.41) is 3.33. The molecule has 11 nitrogen and oxygen atoms in total. The standard InChI is InChI=1S/C37H40Cl2FN3O8S/c1-7-36(8-2,33(45)42-52(6,48)49)51-30-14-11-22(38)15-26(30)28-18-31(44)41-32(25-17-24(40)12-9-21(25)5)37(28)27-13-10-23(39)16-29(27)43(34(37)46)35(47)50-19-20(3)4/h9-17,20,28,32H,7-8,18-19H2,1-6H3,(H,41,44)(H,42,45). The highest BCUT2D eigenvalue weighted by Gasteiger charge is 2.65. The third-order valence-electron chi connectivity index (χ3n) is 9.66. The van der Waals surface area contributed by atoms with Crippen LogP contribution in [0.1, 0.15) is 81.2 Å². The van der Waals surface area contributed by atoms with Crippen LogP contribution in [0.5, 0.6) is 5.75 Å². The van der Waals surface area contributed by atoms with Crippen molar-refractivity contribution in [3.05, 3.63) is 92.7 Å². The highest BCUT2D eigenvalue weighted by Crippen LogP contribution is 2.61. The molecule has 1 saturated heterocycles. The van der Waals surface area contributed by atoms with Gasteiger partial charge in [0.05, 0.1) is 24.6 Å². The fraction of sp³-hybridized carbons (Fsp3) is 0.405. The molecule has 2 aliphatic heterocycles. The number of benzene rings is 3. The molecule has 2 heterocycles. The summed E-state index contributed by atoms with van der Waals surface area (Å²) in [6.07, 6.45) is -0.402. The number of sulfonamides is 1. The van der Waals surface area contributed by atoms with Gasteiger partial charge in [-0.05, 0) is 84.8 Å². The predicted octanol–water partition coefficient (Wildman–Crippen LogP) is 6.88. The van der Waals surface area contributed by atoms with Gasteiger partial charge in [0.15, 0.2) is 5.60 Å². The maximum atomic E-state index is 15.4. The van der Waals surface area contributed by atoms with E-state index in [4.69, 9.17) is 32.7 Å². The van der Waals surface area contributed by atoms with Gasteiger partial charge >= 0.3 is 6.09 Å². The number of imide groups is 1. The molecule has 4 amide bonds. The molecular weight excluding hydrogens is 736 g/mol. The van der Waals surface area contributed by atoms with E-state index >= 15 is 9.18 Å². The summed E-state index contributed by atoms with van der Waals surface area (Å²) in [5.41, 5.74) is -2.15. The molecule has 3 aromatic rings. The van der Waals surface area contributed by atoms with Gasteiger partial charge in [0.25, 0.3) is 5.91 Å². The van der Waals surface area contributed by atoms with Crippen molar-refractivity contribution in [3.63, 3.8) is 0 Å². The number of aryl methyl sites for hydroxylation is 1. The first-order valence-corrected chi connectivity index (χ1v) is 19.4. The van der Waals surface area contributed by atoms with Crippen LogP contribution in [0.15, 0.2) is 54.6 Å². The molecular formula is C37H40Cl2FN3O8S. The summed E-state index contributed by atoms with van der Waals surface area (Å²) in [4.78, 5) is 57.5. The molecule has 1 fully saturated rings. The zero-order valence-corrected chi connectivity index (χ0v) is 31.8. The molecule has 3 aromatic carbocycles. The van der Waals surface area contributed by atoms with Gasteiger partial charge in [-0.2, -0.15) is 0 Å². The molecule has 15 heteroatoms. The Kier molecular flexibility index (Phi) is 11.0. The SMILES string of the molecule is CCC(CC)(Oc1ccc(Cl)cc1C1CC(=O)NC(c2cc(F)ccc2C)C12C(=O)N(C(=O)OCC(C)C)c1cc(Cl)ccc12)C(=O)NS(C)(=O)=O. The zero-order chi connectivity index (χ0) is 38.3. The molecule has 3 unspecified atom stereocenters. The smallest absolute Gasteiger partial charge is 0.421 e. The monoisotopic (exact) mass is 775 g/mol. The Bertz CT molecular complexity index is 2060. The Hall–Kier alpha value is -4.20. The molecule has 5 rings (SSSR count). The summed E-state index contributed by atoms with van der Waals surface area (Å²) < 4.78 is 53.4. The van der Waals surface area contributed by atoms with Gasteiger partial charge < -0.3 is 14.8 Å². The average Bonchev–Trinajstić information content (AvgIpc) is 3.31. The first-order valence-electron chi connectivity index (χ1n) is 16.8. The van der Waals surface area contributed by atoms with Crippen molar-refractivity contribution >= 4 is 62.7 Å². The number of fused-ring (bicyclic) bond motifs is 2. The van der Waals surface area contributed by atoms with E-state index in [1.807, 2.05) is 18.6 Å². The van der Waals surface area contributed by atoms with Gasteiger partial charge in [0.1, 0.15) is 17.0 Å². The van der Waals surface area contributed by atoms with Crippen LogP contribution < -0.4 is 19.7 Å². The lowest BCUT2D eigenvalue weighted by atomic mass is 9.58. The number of halogens is 3. The summed E-state index contributed by atoms with van der Waals surface area (Å²) in [6, 6.07) is 11.8. The number of anilines is 1. The third-order valence-corrected chi connectivity index (χ3v) is 10.7. The van der Waals surface area contributed by atoms with Crippen LogP contribution in [0.4, 0.5) is 14.9 Å². The van der Waals surface area contributed by atoms with Crippen LogP contribution in [0, 0.1) is 18.7 Å². The maximum Gasteiger partial charge on any atom is 0.421 e. The Morgan fingerprint density at radius 2 is 1.69 bits per heavy atom. The molecule has 278 valence electrons. The predicted molar refractivity (Wildman–Crippen MR) is 195 cm³/mol. The zero-order valence-electron chi connectivity index (χ0n) is 29.5. The Morgan fingerprint density at radius 1 is 1.04 bits per heavy atom. The van der Waals surface area contributed by atoms with Crippen LogP contribution in [0.2, 0.25) is 10.0 Å². The first-order chi connectivity index (χ1) is 24.4. The van der Waals surface area contributed by atoms with Gasteiger partial charge in [-0.1, -0.05) is 63.0 Å². The first kappa shape index (κ1) is 39.0. The van der Waals surface area contributed by atoms with Crippen molar-refractivity contribution < 1.29 is 41.5 Å². The van der Waals surface area contributed by atoms with E-state index in [9.17, 15) is 22.8 Å². The highest BCUT2D eigenvalue weighted by molar-refractivity contribution is 7.89. The molecule has 3 atom stereocenters. The average molecular weight is 777 g/mol. The lowest BCUT2D eigenvalue weighted by Crippen LogP contribution is -2.59. The number of nitrogens with zero attached hydrogens (tertiary/aromatic N) is 1. The van der Waals surface area contributed by atoms with Crippen molar-refractivity contribution in [3.8, 4) is 5.75 Å². The van der Waals surface area contributed by atoms with Crippen LogP contribution in [-0.2, 0) is 34.6 Å². The van der Waals surface area contributed by atoms with Crippen molar-refractivity contribution in [2.75, 3.05) is 17.8 Å². The quantitative estimate of drug-likeness (QED) is 0.227. The molecule has 2 N–H and O–H groups in total. The highest BCUT2D eigenvalue weighted by atomic mass is 35.5. The second-order valence-electron chi connectivity index (χ2n) is 13.6. The summed E-state index contributed by atoms with van der Waals surface area (Å²) in [5.74, 6) is -4.02. The van der Waals surface area contributed by atoms with Crippen LogP contribution in [0.25, 0.3) is 0 Å². The molecule has 0 saturated carbocycles. The van der Waals surface area contributed by atoms with E-state index in [1.54, 1.807) is 32.9 Å². The van der Waals surface area contributed by atoms with Crippen LogP contribution >= 0.6 is 23.2 Å². The lowest BCUT2D eigenvalue weighted by Gasteiger charge is -2.47. The fourth-order valence-corrected chi connectivity index (χ4v) is 8.02. The number of carbonyl (C=O) groups is 4. The molecule has 1 spiro atoms. The van der Waals surface area contributed by atoms with Crippen molar-refractivity contribution in [2.45, 2.75) is 76.9 Å². The fourth-order valence-electron chi connectivity index (χ4n) is 7.15. The molecule has 0 aliphatic carbocycles. The third kappa shape index (κ3) is 7.10. The molecule has 0 radical (unpaired) electrons. The van der Waals surface area contributed by atoms with Gasteiger partial charge in [0.2, 0.25) is 21.8 Å². The minimum atomic E-state index is -3.99. The Morgan fingerprint density at radius 3 is 2.33 bits per heavy atom. The topological polar surface area (TPSA) is 148 Å². The van der Waals surface area contributed by atoms with Crippen molar-refractivity contribution in [2.24, 2.45) is 5.92 Å². The molecule has 0 bridgehead atoms. The Labute approximate surface area is 312 Å². The van der Waals surface area contributed by atoms with Gasteiger partial charge in [-0.25, -0.2) is 27.2 Å². The van der Waals surface area contributed by atoms with Gasteiger partial charge in [0, 0.05) is 27.9 Å². The van der Waals surface area contributed by atoms with Crippen LogP contribution in [-0.4, -0.2) is 50.7 Å². The number of carbonyl (C=O) groups excluding carboxylic acids is 4. The number of piperidine rings is 1. The minimum absolute atomic E-state index is 0.00391. The summed E-state index contributed by atoms with van der Waals surface area (Å²) >= 11 is 13.1. The van der Waals surface area contributed by atoms with Gasteiger partial charge in [-0.3, -0.25) is 14.4 Å². The van der Waals surface area contributed by atoms with Crippen molar-refractivity contribution in [1.82, 2.24) is 10.0 Å². The number of rotatable bonds is 10. The van der Waals surface area contributed by atoms with E-state index in [0.29, 0.717) is 11.1 Å². The van der Waals surface area contributed by atoms with E-state index < -0.39 is 62.6 Å². The largest absolute Gasteiger partial charge is 0.477 e. The molecule has 2 aliphatic rings.